The second kappa shape index (κ2) is 2.75. The predicted molar refractivity (Wildman–Crippen MR) is 48.1 cm³/mol. The monoisotopic (exact) mass is 181 g/mol. The summed E-state index contributed by atoms with van der Waals surface area (Å²) >= 11 is 5.65. The van der Waals surface area contributed by atoms with E-state index in [2.05, 4.69) is 10.1 Å². The molecule has 0 saturated heterocycles. The van der Waals surface area contributed by atoms with Crippen LogP contribution in [0, 0.1) is 0 Å². The zero-order chi connectivity index (χ0) is 8.55. The third-order valence-electron chi connectivity index (χ3n) is 1.78. The van der Waals surface area contributed by atoms with E-state index in [0.717, 1.165) is 16.7 Å². The number of alkyl halides is 1. The fourth-order valence-electron chi connectivity index (χ4n) is 1.14. The van der Waals surface area contributed by atoms with Crippen molar-refractivity contribution in [2.45, 2.75) is 5.88 Å². The molecule has 0 N–H and O–H groups in total. The molecule has 0 bridgehead atoms. The second-order valence-corrected chi connectivity index (χ2v) is 2.88. The minimum Gasteiger partial charge on any atom is -0.250 e. The molecule has 0 radical (unpaired) electrons. The molecule has 0 aliphatic rings. The minimum absolute atomic E-state index is 0.446. The van der Waals surface area contributed by atoms with Gasteiger partial charge < -0.3 is 0 Å². The Labute approximate surface area is 75.0 Å². The van der Waals surface area contributed by atoms with E-state index in [0.29, 0.717) is 5.88 Å². The summed E-state index contributed by atoms with van der Waals surface area (Å²) in [6.07, 6.45) is 1.79. The van der Waals surface area contributed by atoms with Crippen LogP contribution in [0.2, 0.25) is 0 Å². The van der Waals surface area contributed by atoms with Gasteiger partial charge in [-0.3, -0.25) is 4.68 Å². The van der Waals surface area contributed by atoms with E-state index >= 15 is 0 Å². The van der Waals surface area contributed by atoms with Crippen LogP contribution in [0.15, 0.2) is 18.3 Å². The van der Waals surface area contributed by atoms with Crippen LogP contribution in [-0.4, -0.2) is 14.8 Å². The van der Waals surface area contributed by atoms with E-state index in [4.69, 9.17) is 11.6 Å². The number of fused-ring (bicyclic) bond motifs is 1. The molecule has 2 aromatic heterocycles. The Kier molecular flexibility index (Phi) is 1.73. The zero-order valence-electron chi connectivity index (χ0n) is 6.66. The van der Waals surface area contributed by atoms with Gasteiger partial charge in [0.05, 0.1) is 17.8 Å². The average Bonchev–Trinajstić information content (AvgIpc) is 2.47. The van der Waals surface area contributed by atoms with Crippen LogP contribution in [-0.2, 0) is 12.9 Å². The molecule has 2 aromatic rings. The zero-order valence-corrected chi connectivity index (χ0v) is 7.41. The number of aryl methyl sites for hydroxylation is 1. The summed E-state index contributed by atoms with van der Waals surface area (Å²) in [4.78, 5) is 4.32. The van der Waals surface area contributed by atoms with E-state index in [-0.39, 0.29) is 0 Å². The first kappa shape index (κ1) is 7.55. The summed E-state index contributed by atoms with van der Waals surface area (Å²) in [5, 5.41) is 5.13. The Bertz CT molecular complexity index is 408. The van der Waals surface area contributed by atoms with Crippen molar-refractivity contribution in [2.24, 2.45) is 7.05 Å². The van der Waals surface area contributed by atoms with Crippen LogP contribution >= 0.6 is 11.6 Å². The van der Waals surface area contributed by atoms with Crippen molar-refractivity contribution in [2.75, 3.05) is 0 Å². The van der Waals surface area contributed by atoms with Gasteiger partial charge in [-0.2, -0.15) is 5.10 Å². The Balaban J connectivity index is 2.71. The maximum absolute atomic E-state index is 5.65. The molecule has 2 heterocycles. The molecule has 2 rings (SSSR count). The smallest absolute Gasteiger partial charge is 0.157 e. The summed E-state index contributed by atoms with van der Waals surface area (Å²) in [6, 6.07) is 3.89. The van der Waals surface area contributed by atoms with E-state index in [1.54, 1.807) is 10.9 Å². The largest absolute Gasteiger partial charge is 0.250 e. The topological polar surface area (TPSA) is 30.7 Å². The average molecular weight is 182 g/mol. The Morgan fingerprint density at radius 1 is 1.50 bits per heavy atom. The molecule has 62 valence electrons. The molecule has 0 aliphatic heterocycles. The summed E-state index contributed by atoms with van der Waals surface area (Å²) in [5.74, 6) is 0.446. The van der Waals surface area contributed by atoms with Crippen LogP contribution < -0.4 is 0 Å². The fourth-order valence-corrected chi connectivity index (χ4v) is 1.29. The van der Waals surface area contributed by atoms with Crippen LogP contribution in [0.3, 0.4) is 0 Å². The van der Waals surface area contributed by atoms with Crippen LogP contribution in [0.4, 0.5) is 0 Å². The molecule has 12 heavy (non-hydrogen) atoms. The molecule has 0 saturated carbocycles. The molecule has 0 unspecified atom stereocenters. The quantitative estimate of drug-likeness (QED) is 0.627. The molecule has 0 aliphatic carbocycles. The number of pyridine rings is 1. The van der Waals surface area contributed by atoms with Crippen molar-refractivity contribution in [1.29, 1.82) is 0 Å². The van der Waals surface area contributed by atoms with E-state index in [1.165, 1.54) is 0 Å². The maximum atomic E-state index is 5.65. The lowest BCUT2D eigenvalue weighted by molar-refractivity contribution is 0.784. The van der Waals surface area contributed by atoms with E-state index in [9.17, 15) is 0 Å². The molecule has 3 nitrogen and oxygen atoms in total. The van der Waals surface area contributed by atoms with Crippen LogP contribution in [0.5, 0.6) is 0 Å². The number of hydrogen-bond donors (Lipinski definition) is 0. The van der Waals surface area contributed by atoms with Gasteiger partial charge in [-0.1, -0.05) is 0 Å². The fraction of sp³-hybridized carbons (Fsp3) is 0.250. The summed E-state index contributed by atoms with van der Waals surface area (Å²) in [5.41, 5.74) is 1.76. The van der Waals surface area contributed by atoms with Crippen molar-refractivity contribution >= 4 is 22.6 Å². The number of nitrogens with zero attached hydrogens (tertiary/aromatic N) is 3. The summed E-state index contributed by atoms with van der Waals surface area (Å²) < 4.78 is 1.74. The van der Waals surface area contributed by atoms with Gasteiger partial charge in [-0.25, -0.2) is 4.98 Å². The van der Waals surface area contributed by atoms with Crippen molar-refractivity contribution < 1.29 is 0 Å². The van der Waals surface area contributed by atoms with Crippen molar-refractivity contribution in [1.82, 2.24) is 14.8 Å². The lowest BCUT2D eigenvalue weighted by atomic mass is 10.3. The van der Waals surface area contributed by atoms with Gasteiger partial charge in [0.15, 0.2) is 5.65 Å². The van der Waals surface area contributed by atoms with Gasteiger partial charge in [0.1, 0.15) is 0 Å². The number of halogens is 1. The molecular weight excluding hydrogens is 174 g/mol. The van der Waals surface area contributed by atoms with Crippen molar-refractivity contribution in [3.05, 3.63) is 24.0 Å². The van der Waals surface area contributed by atoms with Gasteiger partial charge in [-0.15, -0.1) is 11.6 Å². The summed E-state index contributed by atoms with van der Waals surface area (Å²) in [7, 11) is 1.87. The van der Waals surface area contributed by atoms with Gasteiger partial charge >= 0.3 is 0 Å². The molecule has 0 spiro atoms. The number of aromatic nitrogens is 3. The number of rotatable bonds is 1. The molecular formula is C8H8ClN3. The third-order valence-corrected chi connectivity index (χ3v) is 2.05. The second-order valence-electron chi connectivity index (χ2n) is 2.62. The van der Waals surface area contributed by atoms with E-state index < -0.39 is 0 Å². The highest BCUT2D eigenvalue weighted by atomic mass is 35.5. The third kappa shape index (κ3) is 1.06. The van der Waals surface area contributed by atoms with Gasteiger partial charge in [-0.05, 0) is 12.1 Å². The van der Waals surface area contributed by atoms with Gasteiger partial charge in [0.2, 0.25) is 0 Å². The Morgan fingerprint density at radius 2 is 2.33 bits per heavy atom. The first-order valence-corrected chi connectivity index (χ1v) is 4.18. The SMILES string of the molecule is Cn1ncc2ccc(CCl)nc21. The maximum Gasteiger partial charge on any atom is 0.157 e. The molecule has 4 heteroatoms. The molecule has 0 aromatic carbocycles. The normalized spacial score (nSPS) is 10.8. The van der Waals surface area contributed by atoms with E-state index in [1.807, 2.05) is 19.2 Å². The first-order valence-electron chi connectivity index (χ1n) is 3.65. The Hall–Kier alpha value is -1.09. The lowest BCUT2D eigenvalue weighted by Crippen LogP contribution is -1.93. The lowest BCUT2D eigenvalue weighted by Gasteiger charge is -1.95. The highest BCUT2D eigenvalue weighted by Gasteiger charge is 2.00. The number of hydrogen-bond acceptors (Lipinski definition) is 2. The Morgan fingerprint density at radius 3 is 3.08 bits per heavy atom. The van der Waals surface area contributed by atoms with Crippen LogP contribution in [0.1, 0.15) is 5.69 Å². The molecule has 0 fully saturated rings. The molecule has 0 atom stereocenters. The van der Waals surface area contributed by atoms with Crippen molar-refractivity contribution in [3.8, 4) is 0 Å². The molecule has 0 amide bonds. The minimum atomic E-state index is 0.446. The highest BCUT2D eigenvalue weighted by molar-refractivity contribution is 6.16. The highest BCUT2D eigenvalue weighted by Crippen LogP contribution is 2.11. The predicted octanol–water partition coefficient (Wildman–Crippen LogP) is 1.71. The summed E-state index contributed by atoms with van der Waals surface area (Å²) in [6.45, 7) is 0. The van der Waals surface area contributed by atoms with Crippen LogP contribution in [0.25, 0.3) is 11.0 Å². The van der Waals surface area contributed by atoms with Gasteiger partial charge in [0.25, 0.3) is 0 Å². The van der Waals surface area contributed by atoms with Gasteiger partial charge in [0, 0.05) is 12.4 Å². The van der Waals surface area contributed by atoms with Crippen molar-refractivity contribution in [3.63, 3.8) is 0 Å². The first-order chi connectivity index (χ1) is 5.81. The standard InChI is InChI=1S/C8H8ClN3/c1-12-8-6(5-10-12)2-3-7(4-9)11-8/h2-3,5H,4H2,1H3.